The third-order valence-electron chi connectivity index (χ3n) is 5.96. The van der Waals surface area contributed by atoms with E-state index in [1.54, 1.807) is 22.4 Å². The van der Waals surface area contributed by atoms with Gasteiger partial charge in [0.2, 0.25) is 5.91 Å². The Labute approximate surface area is 203 Å². The van der Waals surface area contributed by atoms with E-state index < -0.39 is 10.0 Å². The minimum absolute atomic E-state index is 0.0416. The van der Waals surface area contributed by atoms with E-state index in [4.69, 9.17) is 4.98 Å². The number of amides is 1. The topological polar surface area (TPSA) is 73.8 Å². The number of piperidine rings is 1. The lowest BCUT2D eigenvalue weighted by atomic mass is 9.98. The van der Waals surface area contributed by atoms with E-state index in [9.17, 15) is 13.2 Å². The normalized spacial score (nSPS) is 17.6. The fraction of sp³-hybridized carbons (Fsp3) is 0.478. The zero-order valence-corrected chi connectivity index (χ0v) is 21.7. The number of aromatic nitrogens is 1. The second-order valence-electron chi connectivity index (χ2n) is 8.54. The second-order valence-corrected chi connectivity index (χ2v) is 12.7. The maximum absolute atomic E-state index is 13.8. The van der Waals surface area contributed by atoms with Crippen LogP contribution in [0.25, 0.3) is 10.2 Å². The van der Waals surface area contributed by atoms with Crippen molar-refractivity contribution in [3.8, 4) is 0 Å². The smallest absolute Gasteiger partial charge is 0.252 e. The third kappa shape index (κ3) is 5.14. The molecule has 1 saturated heterocycles. The van der Waals surface area contributed by atoms with Gasteiger partial charge in [0.05, 0.1) is 16.1 Å². The van der Waals surface area contributed by atoms with Gasteiger partial charge in [-0.05, 0) is 56.4 Å². The number of rotatable bonds is 8. The predicted molar refractivity (Wildman–Crippen MR) is 136 cm³/mol. The fourth-order valence-corrected chi connectivity index (χ4v) is 7.83. The lowest BCUT2D eigenvalue weighted by molar-refractivity contribution is -0.123. The van der Waals surface area contributed by atoms with Crippen LogP contribution in [0.3, 0.4) is 0 Å². The van der Waals surface area contributed by atoms with E-state index in [0.29, 0.717) is 41.8 Å². The summed E-state index contributed by atoms with van der Waals surface area (Å²) in [5, 5.41) is 2.45. The minimum atomic E-state index is -3.57. The van der Waals surface area contributed by atoms with Gasteiger partial charge >= 0.3 is 0 Å². The first kappa shape index (κ1) is 24.3. The average Bonchev–Trinajstić information content (AvgIpc) is 3.49. The summed E-state index contributed by atoms with van der Waals surface area (Å²) in [5.41, 5.74) is 2.12. The molecule has 1 aliphatic rings. The molecule has 3 aromatic rings. The van der Waals surface area contributed by atoms with Crippen molar-refractivity contribution in [3.63, 3.8) is 0 Å². The van der Waals surface area contributed by atoms with Gasteiger partial charge in [0.1, 0.15) is 4.21 Å². The van der Waals surface area contributed by atoms with E-state index in [0.717, 1.165) is 16.6 Å². The first-order valence-electron chi connectivity index (χ1n) is 11.2. The number of carbonyl (C=O) groups is 1. The summed E-state index contributed by atoms with van der Waals surface area (Å²) in [6, 6.07) is 9.52. The van der Waals surface area contributed by atoms with E-state index >= 15 is 0 Å². The van der Waals surface area contributed by atoms with Crippen LogP contribution in [0.4, 0.5) is 5.13 Å². The van der Waals surface area contributed by atoms with E-state index in [2.05, 4.69) is 13.0 Å². The zero-order chi connectivity index (χ0) is 23.6. The van der Waals surface area contributed by atoms with Crippen LogP contribution in [-0.4, -0.2) is 68.8 Å². The van der Waals surface area contributed by atoms with E-state index in [1.807, 2.05) is 31.1 Å². The number of likely N-dealkylation sites (N-methyl/N-ethyl adjacent to an activating group) is 1. The van der Waals surface area contributed by atoms with Crippen molar-refractivity contribution in [1.82, 2.24) is 14.2 Å². The summed E-state index contributed by atoms with van der Waals surface area (Å²) in [6.07, 6.45) is 2.23. The Bertz CT molecular complexity index is 1210. The molecule has 1 atom stereocenters. The first-order valence-corrected chi connectivity index (χ1v) is 14.3. The summed E-state index contributed by atoms with van der Waals surface area (Å²) in [7, 11) is 0.386. The summed E-state index contributed by atoms with van der Waals surface area (Å²) in [4.78, 5) is 22.4. The summed E-state index contributed by atoms with van der Waals surface area (Å²) < 4.78 is 29.0. The maximum Gasteiger partial charge on any atom is 0.252 e. The molecule has 0 radical (unpaired) electrons. The van der Waals surface area contributed by atoms with Crippen LogP contribution in [0.2, 0.25) is 0 Å². The molecule has 7 nitrogen and oxygen atoms in total. The Balaban J connectivity index is 1.61. The van der Waals surface area contributed by atoms with Crippen LogP contribution in [-0.2, 0) is 21.2 Å². The summed E-state index contributed by atoms with van der Waals surface area (Å²) >= 11 is 2.74. The number of thiazole rings is 1. The van der Waals surface area contributed by atoms with Gasteiger partial charge in [-0.25, -0.2) is 13.4 Å². The van der Waals surface area contributed by atoms with Crippen molar-refractivity contribution < 1.29 is 13.2 Å². The number of carbonyl (C=O) groups excluding carboxylic acids is 1. The molecule has 1 amide bonds. The Morgan fingerprint density at radius 3 is 2.73 bits per heavy atom. The molecule has 33 heavy (non-hydrogen) atoms. The Morgan fingerprint density at radius 2 is 2.03 bits per heavy atom. The highest BCUT2D eigenvalue weighted by Crippen LogP contribution is 2.33. The minimum Gasteiger partial charge on any atom is -0.308 e. The van der Waals surface area contributed by atoms with Crippen molar-refractivity contribution in [2.45, 2.75) is 30.4 Å². The van der Waals surface area contributed by atoms with Crippen molar-refractivity contribution in [2.24, 2.45) is 5.92 Å². The van der Waals surface area contributed by atoms with Crippen LogP contribution in [0.15, 0.2) is 39.9 Å². The molecule has 10 heteroatoms. The van der Waals surface area contributed by atoms with Gasteiger partial charge in [-0.15, -0.1) is 11.3 Å². The van der Waals surface area contributed by atoms with E-state index in [-0.39, 0.29) is 18.4 Å². The molecule has 0 aliphatic carbocycles. The highest BCUT2D eigenvalue weighted by atomic mass is 32.2. The first-order chi connectivity index (χ1) is 15.8. The lowest BCUT2D eigenvalue weighted by Gasteiger charge is -2.33. The van der Waals surface area contributed by atoms with Crippen molar-refractivity contribution in [2.75, 3.05) is 45.2 Å². The lowest BCUT2D eigenvalue weighted by Crippen LogP contribution is -2.48. The number of hydrogen-bond acceptors (Lipinski definition) is 7. The molecule has 1 unspecified atom stereocenters. The standard InChI is InChI=1S/C23H30N4O3S3/c1-4-17-8-5-10-19-21(17)24-23(32-19)27(14-13-25(2)3)22(28)18-9-6-12-26(16-18)33(29,30)20-11-7-15-31-20/h5,7-8,10-11,15,18H,4,6,9,12-14,16H2,1-3H3. The number of anilines is 1. The maximum atomic E-state index is 13.8. The van der Waals surface area contributed by atoms with Gasteiger partial charge in [-0.3, -0.25) is 9.69 Å². The molecule has 0 spiro atoms. The molecule has 0 saturated carbocycles. The second kappa shape index (κ2) is 10.2. The highest BCUT2D eigenvalue weighted by molar-refractivity contribution is 7.91. The Hall–Kier alpha value is -1.85. The van der Waals surface area contributed by atoms with Crippen molar-refractivity contribution >= 4 is 54.0 Å². The molecule has 178 valence electrons. The molecule has 2 aromatic heterocycles. The number of nitrogens with zero attached hydrogens (tertiary/aromatic N) is 4. The van der Waals surface area contributed by atoms with E-state index in [1.165, 1.54) is 32.5 Å². The SMILES string of the molecule is CCc1cccc2sc(N(CCN(C)C)C(=O)C3CCCN(S(=O)(=O)c4cccs4)C3)nc12. The van der Waals surface area contributed by atoms with Gasteiger partial charge in [0.25, 0.3) is 10.0 Å². The average molecular weight is 507 g/mol. The predicted octanol–water partition coefficient (Wildman–Crippen LogP) is 3.92. The third-order valence-corrected chi connectivity index (χ3v) is 10.2. The van der Waals surface area contributed by atoms with Crippen LogP contribution >= 0.6 is 22.7 Å². The summed E-state index contributed by atoms with van der Waals surface area (Å²) in [5.74, 6) is -0.423. The van der Waals surface area contributed by atoms with Crippen LogP contribution < -0.4 is 4.90 Å². The number of benzene rings is 1. The van der Waals surface area contributed by atoms with Crippen LogP contribution in [0, 0.1) is 5.92 Å². The molecular formula is C23H30N4O3S3. The number of sulfonamides is 1. The van der Waals surface area contributed by atoms with Gasteiger partial charge in [0.15, 0.2) is 5.13 Å². The number of aryl methyl sites for hydroxylation is 1. The number of thiophene rings is 1. The fourth-order valence-electron chi connectivity index (χ4n) is 4.11. The highest BCUT2D eigenvalue weighted by Gasteiger charge is 2.36. The largest absolute Gasteiger partial charge is 0.308 e. The quantitative estimate of drug-likeness (QED) is 0.463. The summed E-state index contributed by atoms with van der Waals surface area (Å²) in [6.45, 7) is 3.98. The van der Waals surface area contributed by atoms with Crippen molar-refractivity contribution in [1.29, 1.82) is 0 Å². The van der Waals surface area contributed by atoms with Crippen LogP contribution in [0.1, 0.15) is 25.3 Å². The van der Waals surface area contributed by atoms with Gasteiger partial charge in [0, 0.05) is 26.2 Å². The number of para-hydroxylation sites is 1. The molecule has 0 bridgehead atoms. The zero-order valence-electron chi connectivity index (χ0n) is 19.2. The Kier molecular flexibility index (Phi) is 7.49. The monoisotopic (exact) mass is 506 g/mol. The number of hydrogen-bond donors (Lipinski definition) is 0. The molecule has 1 fully saturated rings. The molecule has 4 rings (SSSR count). The molecular weight excluding hydrogens is 476 g/mol. The van der Waals surface area contributed by atoms with Crippen molar-refractivity contribution in [3.05, 3.63) is 41.3 Å². The van der Waals surface area contributed by atoms with Gasteiger partial charge in [-0.1, -0.05) is 36.5 Å². The van der Waals surface area contributed by atoms with Gasteiger partial charge in [-0.2, -0.15) is 4.31 Å². The molecule has 1 aromatic carbocycles. The molecule has 3 heterocycles. The molecule has 0 N–H and O–H groups in total. The van der Waals surface area contributed by atoms with Crippen LogP contribution in [0.5, 0.6) is 0 Å². The number of fused-ring (bicyclic) bond motifs is 1. The molecule has 1 aliphatic heterocycles. The Morgan fingerprint density at radius 1 is 1.21 bits per heavy atom. The van der Waals surface area contributed by atoms with Gasteiger partial charge < -0.3 is 4.90 Å².